The molecule has 14 heteroatoms. The summed E-state index contributed by atoms with van der Waals surface area (Å²) in [5.41, 5.74) is -0.298. The van der Waals surface area contributed by atoms with Crippen LogP contribution < -0.4 is 10.6 Å². The van der Waals surface area contributed by atoms with Crippen molar-refractivity contribution in [3.8, 4) is 0 Å². The van der Waals surface area contributed by atoms with Gasteiger partial charge in [0, 0.05) is 22.9 Å². The van der Waals surface area contributed by atoms with Crippen molar-refractivity contribution in [1.82, 2.24) is 10.2 Å². The van der Waals surface area contributed by atoms with Crippen molar-refractivity contribution in [2.45, 2.75) is 17.4 Å². The van der Waals surface area contributed by atoms with E-state index in [1.54, 1.807) is 6.92 Å². The van der Waals surface area contributed by atoms with Gasteiger partial charge in [0.1, 0.15) is 0 Å². The standard InChI is InChI=1S/C19H14F3N5O4S2/c1-10-2-3-11(8-14(10)27(30)31)16(29)24-17-25-26-18(33-17)32-9-15(28)23-13-6-4-12(5-7-13)19(20,21)22/h2-8H,9H2,1H3,(H,23,28)(H,24,25,29). The van der Waals surface area contributed by atoms with E-state index in [1.807, 2.05) is 0 Å². The number of nitro groups is 1. The molecule has 3 aromatic rings. The van der Waals surface area contributed by atoms with Gasteiger partial charge in [-0.15, -0.1) is 10.2 Å². The number of aryl methyl sites for hydroxylation is 1. The maximum absolute atomic E-state index is 12.6. The molecular formula is C19H14F3N5O4S2. The Morgan fingerprint density at radius 1 is 1.12 bits per heavy atom. The fourth-order valence-corrected chi connectivity index (χ4v) is 4.05. The number of thioether (sulfide) groups is 1. The highest BCUT2D eigenvalue weighted by Gasteiger charge is 2.30. The molecule has 0 atom stereocenters. The number of alkyl halides is 3. The van der Waals surface area contributed by atoms with Crippen molar-refractivity contribution in [2.24, 2.45) is 0 Å². The molecule has 0 fully saturated rings. The van der Waals surface area contributed by atoms with Crippen molar-refractivity contribution in [3.05, 3.63) is 69.3 Å². The number of rotatable bonds is 7. The van der Waals surface area contributed by atoms with Gasteiger partial charge in [-0.2, -0.15) is 13.2 Å². The van der Waals surface area contributed by atoms with Crippen LogP contribution in [0.2, 0.25) is 0 Å². The summed E-state index contributed by atoms with van der Waals surface area (Å²) in [6.45, 7) is 1.56. The summed E-state index contributed by atoms with van der Waals surface area (Å²) < 4.78 is 38.1. The molecule has 0 aliphatic carbocycles. The fourth-order valence-electron chi connectivity index (χ4n) is 2.50. The van der Waals surface area contributed by atoms with Crippen LogP contribution in [0.5, 0.6) is 0 Å². The molecule has 0 spiro atoms. The van der Waals surface area contributed by atoms with E-state index in [2.05, 4.69) is 20.8 Å². The molecule has 2 aromatic carbocycles. The van der Waals surface area contributed by atoms with Crippen molar-refractivity contribution in [3.63, 3.8) is 0 Å². The monoisotopic (exact) mass is 497 g/mol. The Balaban J connectivity index is 1.53. The van der Waals surface area contributed by atoms with Crippen LogP contribution in [-0.4, -0.2) is 32.7 Å². The number of carbonyl (C=O) groups is 2. The van der Waals surface area contributed by atoms with E-state index in [9.17, 15) is 32.9 Å². The smallest absolute Gasteiger partial charge is 0.325 e. The SMILES string of the molecule is Cc1ccc(C(=O)Nc2nnc(SCC(=O)Nc3ccc(C(F)(F)F)cc3)s2)cc1[N+](=O)[O-]. The summed E-state index contributed by atoms with van der Waals surface area (Å²) in [6, 6.07) is 8.10. The van der Waals surface area contributed by atoms with E-state index in [1.165, 1.54) is 12.1 Å². The number of nitrogens with zero attached hydrogens (tertiary/aromatic N) is 3. The number of halogens is 3. The number of carbonyl (C=O) groups excluding carboxylic acids is 2. The molecule has 1 aromatic heterocycles. The number of aromatic nitrogens is 2. The van der Waals surface area contributed by atoms with E-state index < -0.39 is 28.5 Å². The van der Waals surface area contributed by atoms with Gasteiger partial charge in [0.2, 0.25) is 11.0 Å². The van der Waals surface area contributed by atoms with Crippen LogP contribution in [0.25, 0.3) is 0 Å². The molecule has 0 aliphatic rings. The van der Waals surface area contributed by atoms with Gasteiger partial charge >= 0.3 is 6.18 Å². The zero-order valence-electron chi connectivity index (χ0n) is 16.7. The molecule has 2 N–H and O–H groups in total. The highest BCUT2D eigenvalue weighted by molar-refractivity contribution is 8.01. The Morgan fingerprint density at radius 2 is 1.82 bits per heavy atom. The third kappa shape index (κ3) is 6.49. The van der Waals surface area contributed by atoms with Gasteiger partial charge < -0.3 is 5.32 Å². The van der Waals surface area contributed by atoms with E-state index in [0.29, 0.717) is 9.90 Å². The van der Waals surface area contributed by atoms with Crippen LogP contribution in [0.4, 0.5) is 29.7 Å². The normalized spacial score (nSPS) is 11.2. The van der Waals surface area contributed by atoms with E-state index in [0.717, 1.165) is 53.4 Å². The predicted molar refractivity (Wildman–Crippen MR) is 116 cm³/mol. The zero-order chi connectivity index (χ0) is 24.2. The second-order valence-corrected chi connectivity index (χ2v) is 8.70. The summed E-state index contributed by atoms with van der Waals surface area (Å²) >= 11 is 2.01. The van der Waals surface area contributed by atoms with Crippen molar-refractivity contribution >= 4 is 51.4 Å². The second-order valence-electron chi connectivity index (χ2n) is 6.50. The molecule has 0 saturated heterocycles. The summed E-state index contributed by atoms with van der Waals surface area (Å²) in [6.07, 6.45) is -4.46. The Morgan fingerprint density at radius 3 is 2.45 bits per heavy atom. The number of hydrogen-bond acceptors (Lipinski definition) is 8. The van der Waals surface area contributed by atoms with E-state index >= 15 is 0 Å². The number of amides is 2. The first-order valence-corrected chi connectivity index (χ1v) is 10.8. The van der Waals surface area contributed by atoms with E-state index in [-0.39, 0.29) is 27.8 Å². The number of anilines is 2. The fraction of sp³-hybridized carbons (Fsp3) is 0.158. The summed E-state index contributed by atoms with van der Waals surface area (Å²) in [4.78, 5) is 34.8. The topological polar surface area (TPSA) is 127 Å². The third-order valence-corrected chi connectivity index (χ3v) is 6.09. The minimum absolute atomic E-state index is 0.0765. The Kier molecular flexibility index (Phi) is 7.28. The molecule has 0 radical (unpaired) electrons. The lowest BCUT2D eigenvalue weighted by Gasteiger charge is -2.08. The first-order valence-electron chi connectivity index (χ1n) is 9.03. The van der Waals surface area contributed by atoms with Crippen LogP contribution in [0, 0.1) is 17.0 Å². The van der Waals surface area contributed by atoms with Gasteiger partial charge in [0.15, 0.2) is 4.34 Å². The maximum atomic E-state index is 12.6. The molecule has 33 heavy (non-hydrogen) atoms. The first kappa shape index (κ1) is 24.1. The Labute approximate surface area is 192 Å². The van der Waals surface area contributed by atoms with Gasteiger partial charge in [-0.1, -0.05) is 29.2 Å². The average Bonchev–Trinajstić information content (AvgIpc) is 3.19. The lowest BCUT2D eigenvalue weighted by molar-refractivity contribution is -0.385. The summed E-state index contributed by atoms with van der Waals surface area (Å²) in [7, 11) is 0. The first-order chi connectivity index (χ1) is 15.5. The quantitative estimate of drug-likeness (QED) is 0.209. The number of nitro benzene ring substituents is 1. The van der Waals surface area contributed by atoms with Gasteiger partial charge in [-0.3, -0.25) is 25.0 Å². The number of benzene rings is 2. The lowest BCUT2D eigenvalue weighted by Crippen LogP contribution is -2.14. The van der Waals surface area contributed by atoms with E-state index in [4.69, 9.17) is 0 Å². The molecule has 0 bridgehead atoms. The molecule has 2 amide bonds. The van der Waals surface area contributed by atoms with Gasteiger partial charge in [0.25, 0.3) is 11.6 Å². The second kappa shape index (κ2) is 9.95. The molecule has 9 nitrogen and oxygen atoms in total. The number of hydrogen-bond donors (Lipinski definition) is 2. The van der Waals surface area contributed by atoms with Gasteiger partial charge in [-0.05, 0) is 37.3 Å². The minimum Gasteiger partial charge on any atom is -0.325 e. The molecule has 1 heterocycles. The minimum atomic E-state index is -4.46. The molecule has 0 saturated carbocycles. The maximum Gasteiger partial charge on any atom is 0.416 e. The van der Waals surface area contributed by atoms with Gasteiger partial charge in [-0.25, -0.2) is 0 Å². The highest BCUT2D eigenvalue weighted by atomic mass is 32.2. The highest BCUT2D eigenvalue weighted by Crippen LogP contribution is 2.30. The van der Waals surface area contributed by atoms with Crippen LogP contribution in [-0.2, 0) is 11.0 Å². The lowest BCUT2D eigenvalue weighted by atomic mass is 10.1. The molecular weight excluding hydrogens is 483 g/mol. The van der Waals surface area contributed by atoms with Crippen LogP contribution in [0.1, 0.15) is 21.5 Å². The van der Waals surface area contributed by atoms with Crippen molar-refractivity contribution < 1.29 is 27.7 Å². The average molecular weight is 497 g/mol. The summed E-state index contributed by atoms with van der Waals surface area (Å²) in [5, 5.41) is 23.8. The number of nitrogens with one attached hydrogen (secondary N) is 2. The van der Waals surface area contributed by atoms with Crippen molar-refractivity contribution in [2.75, 3.05) is 16.4 Å². The molecule has 0 aliphatic heterocycles. The van der Waals surface area contributed by atoms with Crippen LogP contribution in [0.15, 0.2) is 46.8 Å². The zero-order valence-corrected chi connectivity index (χ0v) is 18.3. The third-order valence-electron chi connectivity index (χ3n) is 4.12. The largest absolute Gasteiger partial charge is 0.416 e. The van der Waals surface area contributed by atoms with Crippen molar-refractivity contribution in [1.29, 1.82) is 0 Å². The molecule has 3 rings (SSSR count). The van der Waals surface area contributed by atoms with Crippen LogP contribution >= 0.6 is 23.1 Å². The molecule has 0 unspecified atom stereocenters. The summed E-state index contributed by atoms with van der Waals surface area (Å²) in [5.74, 6) is -1.16. The van der Waals surface area contributed by atoms with Crippen LogP contribution in [0.3, 0.4) is 0 Å². The predicted octanol–water partition coefficient (Wildman–Crippen LogP) is 4.76. The Bertz CT molecular complexity index is 1200. The molecule has 172 valence electrons. The Hall–Kier alpha value is -3.52. The van der Waals surface area contributed by atoms with Gasteiger partial charge in [0.05, 0.1) is 16.2 Å².